The van der Waals surface area contributed by atoms with Gasteiger partial charge in [0.05, 0.1) is 10.5 Å². The number of nitrogens with one attached hydrogen (secondary N) is 1. The van der Waals surface area contributed by atoms with Crippen molar-refractivity contribution >= 4 is 44.7 Å². The number of hydrogen-bond acceptors (Lipinski definition) is 7. The third-order valence-corrected chi connectivity index (χ3v) is 9.40. The van der Waals surface area contributed by atoms with Crippen LogP contribution in [0.5, 0.6) is 0 Å². The molecular weight excluding hydrogens is 476 g/mol. The molecule has 1 N–H and O–H groups in total. The number of thiazole rings is 1. The van der Waals surface area contributed by atoms with E-state index in [0.29, 0.717) is 18.5 Å². The van der Waals surface area contributed by atoms with E-state index < -0.39 is 10.0 Å². The Hall–Kier alpha value is -2.71. The molecule has 1 aliphatic rings. The number of carbonyl (C=O) groups is 1. The largest absolute Gasteiger partial charge is 0.326 e. The lowest BCUT2D eigenvalue weighted by atomic mass is 9.97. The van der Waals surface area contributed by atoms with Crippen molar-refractivity contribution in [1.29, 1.82) is 5.26 Å². The first kappa shape index (κ1) is 23.4. The molecule has 33 heavy (non-hydrogen) atoms. The minimum atomic E-state index is -3.77. The Balaban J connectivity index is 1.33. The van der Waals surface area contributed by atoms with Crippen LogP contribution >= 0.6 is 23.1 Å². The molecule has 170 valence electrons. The maximum absolute atomic E-state index is 13.0. The third kappa shape index (κ3) is 5.45. The summed E-state index contributed by atoms with van der Waals surface area (Å²) in [5.41, 5.74) is 1.83. The van der Waals surface area contributed by atoms with Gasteiger partial charge in [-0.2, -0.15) is 9.57 Å². The molecule has 1 saturated heterocycles. The van der Waals surface area contributed by atoms with Gasteiger partial charge in [0, 0.05) is 40.7 Å². The number of aryl methyl sites for hydroxylation is 1. The average molecular weight is 499 g/mol. The minimum absolute atomic E-state index is 0.0151. The zero-order valence-electron chi connectivity index (χ0n) is 17.9. The van der Waals surface area contributed by atoms with Crippen LogP contribution in [0.25, 0.3) is 0 Å². The summed E-state index contributed by atoms with van der Waals surface area (Å²) in [5, 5.41) is 14.2. The van der Waals surface area contributed by atoms with Crippen LogP contribution in [0.2, 0.25) is 0 Å². The first-order chi connectivity index (χ1) is 15.9. The van der Waals surface area contributed by atoms with Crippen molar-refractivity contribution in [2.24, 2.45) is 5.92 Å². The maximum Gasteiger partial charge on any atom is 0.244 e. The Labute approximate surface area is 201 Å². The SMILES string of the molecule is Cc1csc(Sc2ccc(NC(=O)C3CCN(S(=O)(=O)c4ccccc4C#N)CC3)cc2)n1. The molecule has 0 bridgehead atoms. The summed E-state index contributed by atoms with van der Waals surface area (Å²) in [6, 6.07) is 15.7. The van der Waals surface area contributed by atoms with E-state index in [1.54, 1.807) is 35.2 Å². The van der Waals surface area contributed by atoms with Gasteiger partial charge in [0.15, 0.2) is 4.34 Å². The van der Waals surface area contributed by atoms with E-state index in [0.717, 1.165) is 14.9 Å². The predicted octanol–water partition coefficient (Wildman–Crippen LogP) is 4.51. The van der Waals surface area contributed by atoms with Gasteiger partial charge in [-0.05, 0) is 56.2 Å². The number of rotatable bonds is 6. The minimum Gasteiger partial charge on any atom is -0.326 e. The van der Waals surface area contributed by atoms with Gasteiger partial charge in [-0.1, -0.05) is 23.9 Å². The molecule has 3 aromatic rings. The van der Waals surface area contributed by atoms with Crippen molar-refractivity contribution in [1.82, 2.24) is 9.29 Å². The number of aromatic nitrogens is 1. The molecule has 0 spiro atoms. The topological polar surface area (TPSA) is 103 Å². The van der Waals surface area contributed by atoms with Crippen LogP contribution in [0.15, 0.2) is 68.0 Å². The summed E-state index contributed by atoms with van der Waals surface area (Å²) in [6.07, 6.45) is 0.855. The summed E-state index contributed by atoms with van der Waals surface area (Å²) in [4.78, 5) is 18.2. The smallest absolute Gasteiger partial charge is 0.244 e. The van der Waals surface area contributed by atoms with Crippen molar-refractivity contribution in [2.75, 3.05) is 18.4 Å². The Morgan fingerprint density at radius 1 is 1.18 bits per heavy atom. The van der Waals surface area contributed by atoms with Gasteiger partial charge >= 0.3 is 0 Å². The van der Waals surface area contributed by atoms with Gasteiger partial charge in [-0.25, -0.2) is 13.4 Å². The lowest BCUT2D eigenvalue weighted by molar-refractivity contribution is -0.120. The van der Waals surface area contributed by atoms with Crippen molar-refractivity contribution in [3.63, 3.8) is 0 Å². The van der Waals surface area contributed by atoms with E-state index in [1.165, 1.54) is 16.4 Å². The normalized spacial score (nSPS) is 15.2. The lowest BCUT2D eigenvalue weighted by Crippen LogP contribution is -2.41. The lowest BCUT2D eigenvalue weighted by Gasteiger charge is -2.30. The average Bonchev–Trinajstić information content (AvgIpc) is 3.24. The van der Waals surface area contributed by atoms with E-state index >= 15 is 0 Å². The number of sulfonamides is 1. The van der Waals surface area contributed by atoms with Crippen LogP contribution in [-0.4, -0.2) is 36.7 Å². The number of carbonyl (C=O) groups excluding carboxylic acids is 1. The molecular formula is C23H22N4O3S3. The molecule has 2 aromatic carbocycles. The van der Waals surface area contributed by atoms with E-state index in [9.17, 15) is 18.5 Å². The van der Waals surface area contributed by atoms with E-state index in [1.807, 2.05) is 42.6 Å². The zero-order chi connectivity index (χ0) is 23.4. The van der Waals surface area contributed by atoms with E-state index in [-0.39, 0.29) is 35.4 Å². The number of anilines is 1. The molecule has 0 saturated carbocycles. The van der Waals surface area contributed by atoms with Gasteiger partial charge in [0.1, 0.15) is 6.07 Å². The van der Waals surface area contributed by atoms with Crippen LogP contribution in [0.1, 0.15) is 24.1 Å². The zero-order valence-corrected chi connectivity index (χ0v) is 20.3. The summed E-state index contributed by atoms with van der Waals surface area (Å²) in [5.74, 6) is -0.379. The highest BCUT2D eigenvalue weighted by atomic mass is 32.2. The van der Waals surface area contributed by atoms with Crippen molar-refractivity contribution in [2.45, 2.75) is 33.9 Å². The van der Waals surface area contributed by atoms with Gasteiger partial charge in [0.25, 0.3) is 0 Å². The molecule has 1 amide bonds. The Morgan fingerprint density at radius 2 is 1.88 bits per heavy atom. The summed E-state index contributed by atoms with van der Waals surface area (Å²) >= 11 is 3.18. The fraction of sp³-hybridized carbons (Fsp3) is 0.261. The number of hydrogen-bond donors (Lipinski definition) is 1. The summed E-state index contributed by atoms with van der Waals surface area (Å²) in [6.45, 7) is 2.44. The van der Waals surface area contributed by atoms with Crippen molar-refractivity contribution < 1.29 is 13.2 Å². The third-order valence-electron chi connectivity index (χ3n) is 5.38. The van der Waals surface area contributed by atoms with Gasteiger partial charge in [-0.3, -0.25) is 4.79 Å². The number of piperidine rings is 1. The van der Waals surface area contributed by atoms with E-state index in [4.69, 9.17) is 0 Å². The molecule has 0 radical (unpaired) electrons. The summed E-state index contributed by atoms with van der Waals surface area (Å²) < 4.78 is 28.3. The van der Waals surface area contributed by atoms with Crippen LogP contribution in [0.3, 0.4) is 0 Å². The van der Waals surface area contributed by atoms with Gasteiger partial charge in [-0.15, -0.1) is 11.3 Å². The van der Waals surface area contributed by atoms with Gasteiger partial charge < -0.3 is 5.32 Å². The standard InChI is InChI=1S/C23H22N4O3S3/c1-16-15-31-23(25-16)32-20-8-6-19(7-9-20)26-22(28)17-10-12-27(13-11-17)33(29,30)21-5-3-2-4-18(21)14-24/h2-9,15,17H,10-13H2,1H3,(H,26,28). The summed E-state index contributed by atoms with van der Waals surface area (Å²) in [7, 11) is -3.77. The first-order valence-electron chi connectivity index (χ1n) is 10.4. The Bertz CT molecular complexity index is 1290. The molecule has 2 heterocycles. The van der Waals surface area contributed by atoms with Crippen LogP contribution in [-0.2, 0) is 14.8 Å². The molecule has 1 fully saturated rings. The second-order valence-corrected chi connectivity index (χ2v) is 11.7. The number of nitriles is 1. The molecule has 0 aliphatic carbocycles. The molecule has 7 nitrogen and oxygen atoms in total. The highest BCUT2D eigenvalue weighted by molar-refractivity contribution is 8.01. The molecule has 10 heteroatoms. The second-order valence-electron chi connectivity index (χ2n) is 7.66. The second kappa shape index (κ2) is 10.1. The molecule has 0 unspecified atom stereocenters. The maximum atomic E-state index is 13.0. The number of nitrogens with zero attached hydrogens (tertiary/aromatic N) is 3. The van der Waals surface area contributed by atoms with Crippen molar-refractivity contribution in [3.05, 3.63) is 65.2 Å². The highest BCUT2D eigenvalue weighted by Gasteiger charge is 2.33. The van der Waals surface area contributed by atoms with Crippen LogP contribution in [0, 0.1) is 24.2 Å². The monoisotopic (exact) mass is 498 g/mol. The number of benzene rings is 2. The molecule has 0 atom stereocenters. The highest BCUT2D eigenvalue weighted by Crippen LogP contribution is 2.31. The Morgan fingerprint density at radius 3 is 2.52 bits per heavy atom. The molecule has 1 aromatic heterocycles. The quantitative estimate of drug-likeness (QED) is 0.536. The first-order valence-corrected chi connectivity index (χ1v) is 13.5. The molecule has 1 aliphatic heterocycles. The van der Waals surface area contributed by atoms with Crippen LogP contribution in [0.4, 0.5) is 5.69 Å². The van der Waals surface area contributed by atoms with E-state index in [2.05, 4.69) is 10.3 Å². The number of amides is 1. The fourth-order valence-corrected chi connectivity index (χ4v) is 7.03. The predicted molar refractivity (Wildman–Crippen MR) is 129 cm³/mol. The Kier molecular flexibility index (Phi) is 7.14. The van der Waals surface area contributed by atoms with Gasteiger partial charge in [0.2, 0.25) is 15.9 Å². The molecule has 4 rings (SSSR count). The fourth-order valence-electron chi connectivity index (χ4n) is 3.61. The van der Waals surface area contributed by atoms with Crippen molar-refractivity contribution in [3.8, 4) is 6.07 Å². The van der Waals surface area contributed by atoms with Crippen LogP contribution < -0.4 is 5.32 Å².